The molecular formula is C7H8N2OS. The molecule has 1 aliphatic heterocycles. The van der Waals surface area contributed by atoms with Crippen LogP contribution in [0.15, 0.2) is 18.2 Å². The lowest BCUT2D eigenvalue weighted by atomic mass is 10.2. The van der Waals surface area contributed by atoms with E-state index in [0.29, 0.717) is 0 Å². The third-order valence-corrected chi connectivity index (χ3v) is 2.19. The molecule has 58 valence electrons. The van der Waals surface area contributed by atoms with Crippen molar-refractivity contribution in [3.05, 3.63) is 18.2 Å². The van der Waals surface area contributed by atoms with Gasteiger partial charge in [0, 0.05) is 6.07 Å². The van der Waals surface area contributed by atoms with Gasteiger partial charge in [-0.05, 0) is 12.1 Å². The first-order valence-corrected chi connectivity index (χ1v) is 4.08. The number of rotatable bonds is 1. The molecule has 1 heterocycles. The van der Waals surface area contributed by atoms with E-state index in [0.717, 1.165) is 17.1 Å². The zero-order chi connectivity index (χ0) is 7.68. The molecule has 11 heavy (non-hydrogen) atoms. The van der Waals surface area contributed by atoms with Gasteiger partial charge in [0.2, 0.25) is 0 Å². The summed E-state index contributed by atoms with van der Waals surface area (Å²) in [6.07, 6.45) is 0. The average molecular weight is 168 g/mol. The maximum absolute atomic E-state index is 5.06. The van der Waals surface area contributed by atoms with Crippen LogP contribution in [0.1, 0.15) is 0 Å². The lowest BCUT2D eigenvalue weighted by Gasteiger charge is -2.00. The van der Waals surface area contributed by atoms with E-state index in [1.165, 1.54) is 12.1 Å². The van der Waals surface area contributed by atoms with E-state index in [-0.39, 0.29) is 0 Å². The van der Waals surface area contributed by atoms with Crippen LogP contribution in [0.25, 0.3) is 0 Å². The molecule has 0 radical (unpaired) electrons. The van der Waals surface area contributed by atoms with E-state index in [9.17, 15) is 0 Å². The standard InChI is InChI=1S/C7H8N2OS/c1-10-5-2-3-6-7(4-5)9-11-8-6/h2-4,8-9H,1H3. The van der Waals surface area contributed by atoms with E-state index in [1.54, 1.807) is 7.11 Å². The van der Waals surface area contributed by atoms with Crippen molar-refractivity contribution in [3.8, 4) is 5.75 Å². The third-order valence-electron chi connectivity index (χ3n) is 1.55. The zero-order valence-corrected chi connectivity index (χ0v) is 6.87. The molecule has 0 fully saturated rings. The van der Waals surface area contributed by atoms with Crippen molar-refractivity contribution >= 4 is 23.5 Å². The maximum Gasteiger partial charge on any atom is 0.121 e. The van der Waals surface area contributed by atoms with Crippen molar-refractivity contribution in [2.24, 2.45) is 0 Å². The van der Waals surface area contributed by atoms with Crippen molar-refractivity contribution in [3.63, 3.8) is 0 Å². The second kappa shape index (κ2) is 2.54. The van der Waals surface area contributed by atoms with Gasteiger partial charge in [-0.15, -0.1) is 0 Å². The summed E-state index contributed by atoms with van der Waals surface area (Å²) in [6, 6.07) is 5.88. The Hall–Kier alpha value is -1.03. The summed E-state index contributed by atoms with van der Waals surface area (Å²) in [5, 5.41) is 0. The molecule has 0 aromatic heterocycles. The zero-order valence-electron chi connectivity index (χ0n) is 6.05. The minimum atomic E-state index is 0.876. The van der Waals surface area contributed by atoms with E-state index < -0.39 is 0 Å². The van der Waals surface area contributed by atoms with Gasteiger partial charge in [-0.3, -0.25) is 0 Å². The lowest BCUT2D eigenvalue weighted by Crippen LogP contribution is -1.83. The average Bonchev–Trinajstić information content (AvgIpc) is 2.50. The van der Waals surface area contributed by atoms with E-state index >= 15 is 0 Å². The Bertz CT molecular complexity index is 277. The molecule has 1 aromatic rings. The topological polar surface area (TPSA) is 33.3 Å². The van der Waals surface area contributed by atoms with Gasteiger partial charge >= 0.3 is 0 Å². The summed E-state index contributed by atoms with van der Waals surface area (Å²) in [7, 11) is 1.66. The first-order valence-electron chi connectivity index (χ1n) is 3.26. The molecule has 0 saturated heterocycles. The molecular weight excluding hydrogens is 160 g/mol. The van der Waals surface area contributed by atoms with Crippen LogP contribution in [0, 0.1) is 0 Å². The number of methoxy groups -OCH3 is 1. The highest BCUT2D eigenvalue weighted by Crippen LogP contribution is 2.35. The van der Waals surface area contributed by atoms with Gasteiger partial charge < -0.3 is 14.2 Å². The highest BCUT2D eigenvalue weighted by molar-refractivity contribution is 8.02. The molecule has 0 saturated carbocycles. The molecule has 0 atom stereocenters. The van der Waals surface area contributed by atoms with Crippen molar-refractivity contribution < 1.29 is 4.74 Å². The predicted molar refractivity (Wildman–Crippen MR) is 47.8 cm³/mol. The quantitative estimate of drug-likeness (QED) is 0.629. The fourth-order valence-corrected chi connectivity index (χ4v) is 1.58. The lowest BCUT2D eigenvalue weighted by molar-refractivity contribution is 0.415. The Morgan fingerprint density at radius 2 is 2.09 bits per heavy atom. The largest absolute Gasteiger partial charge is 0.497 e. The summed E-state index contributed by atoms with van der Waals surface area (Å²) < 4.78 is 11.3. The summed E-state index contributed by atoms with van der Waals surface area (Å²) in [6.45, 7) is 0. The molecule has 2 rings (SSSR count). The van der Waals surface area contributed by atoms with Gasteiger partial charge in [-0.25, -0.2) is 0 Å². The minimum Gasteiger partial charge on any atom is -0.497 e. The summed E-state index contributed by atoms with van der Waals surface area (Å²) >= 11 is 1.47. The van der Waals surface area contributed by atoms with Crippen LogP contribution in [-0.4, -0.2) is 7.11 Å². The second-order valence-corrected chi connectivity index (χ2v) is 2.83. The number of fused-ring (bicyclic) bond motifs is 1. The smallest absolute Gasteiger partial charge is 0.121 e. The fraction of sp³-hybridized carbons (Fsp3) is 0.143. The highest BCUT2D eigenvalue weighted by Gasteiger charge is 2.09. The van der Waals surface area contributed by atoms with E-state index in [2.05, 4.69) is 9.44 Å². The Labute approximate surface area is 69.4 Å². The Morgan fingerprint density at radius 1 is 1.27 bits per heavy atom. The molecule has 2 N–H and O–H groups in total. The van der Waals surface area contributed by atoms with Gasteiger partial charge in [0.15, 0.2) is 0 Å². The van der Waals surface area contributed by atoms with Gasteiger partial charge in [0.1, 0.15) is 5.75 Å². The summed E-state index contributed by atoms with van der Waals surface area (Å²) in [4.78, 5) is 0. The molecule has 1 aliphatic rings. The normalized spacial score (nSPS) is 13.2. The van der Waals surface area contributed by atoms with E-state index in [4.69, 9.17) is 4.74 Å². The summed E-state index contributed by atoms with van der Waals surface area (Å²) in [5.74, 6) is 0.876. The van der Waals surface area contributed by atoms with Crippen molar-refractivity contribution in [2.45, 2.75) is 0 Å². The van der Waals surface area contributed by atoms with Crippen molar-refractivity contribution in [1.29, 1.82) is 0 Å². The van der Waals surface area contributed by atoms with Crippen LogP contribution in [0.4, 0.5) is 11.4 Å². The maximum atomic E-state index is 5.06. The molecule has 0 unspecified atom stereocenters. The fourth-order valence-electron chi connectivity index (χ4n) is 0.959. The van der Waals surface area contributed by atoms with Gasteiger partial charge in [0.25, 0.3) is 0 Å². The van der Waals surface area contributed by atoms with Crippen LogP contribution < -0.4 is 14.2 Å². The monoisotopic (exact) mass is 168 g/mol. The molecule has 1 aromatic carbocycles. The van der Waals surface area contributed by atoms with Gasteiger partial charge in [-0.2, -0.15) is 0 Å². The van der Waals surface area contributed by atoms with Crippen LogP contribution in [-0.2, 0) is 0 Å². The molecule has 0 aliphatic carbocycles. The third kappa shape index (κ3) is 1.09. The first kappa shape index (κ1) is 6.67. The SMILES string of the molecule is COc1ccc2c(c1)NSN2. The molecule has 3 nitrogen and oxygen atoms in total. The van der Waals surface area contributed by atoms with Crippen LogP contribution in [0.5, 0.6) is 5.75 Å². The molecule has 0 bridgehead atoms. The van der Waals surface area contributed by atoms with Gasteiger partial charge in [0.05, 0.1) is 30.6 Å². The molecule has 4 heteroatoms. The van der Waals surface area contributed by atoms with E-state index in [1.807, 2.05) is 18.2 Å². The van der Waals surface area contributed by atoms with Gasteiger partial charge in [-0.1, -0.05) is 0 Å². The van der Waals surface area contributed by atoms with Crippen LogP contribution in [0.2, 0.25) is 0 Å². The Kier molecular flexibility index (Phi) is 1.54. The Balaban J connectivity index is 2.41. The number of ether oxygens (including phenoxy) is 1. The number of hydrogen-bond acceptors (Lipinski definition) is 4. The van der Waals surface area contributed by atoms with Crippen molar-refractivity contribution in [1.82, 2.24) is 0 Å². The number of anilines is 2. The minimum absolute atomic E-state index is 0.876. The number of benzene rings is 1. The number of nitrogens with one attached hydrogen (secondary N) is 2. The number of hydrogen-bond donors (Lipinski definition) is 2. The summed E-state index contributed by atoms with van der Waals surface area (Å²) in [5.41, 5.74) is 2.19. The second-order valence-electron chi connectivity index (χ2n) is 2.22. The predicted octanol–water partition coefficient (Wildman–Crippen LogP) is 2.10. The van der Waals surface area contributed by atoms with Crippen molar-refractivity contribution in [2.75, 3.05) is 16.6 Å². The Morgan fingerprint density at radius 3 is 2.91 bits per heavy atom. The molecule has 0 spiro atoms. The first-order chi connectivity index (χ1) is 5.40. The highest BCUT2D eigenvalue weighted by atomic mass is 32.2. The molecule has 0 amide bonds. The van der Waals surface area contributed by atoms with Crippen LogP contribution >= 0.6 is 12.1 Å². The van der Waals surface area contributed by atoms with Crippen LogP contribution in [0.3, 0.4) is 0 Å².